The molecule has 0 aliphatic carbocycles. The quantitative estimate of drug-likeness (QED) is 0.0320. The third-order valence-corrected chi connectivity index (χ3v) is 19.8. The van der Waals surface area contributed by atoms with Crippen LogP contribution in [0.5, 0.6) is 0 Å². The maximum absolute atomic E-state index is 12.6. The van der Waals surface area contributed by atoms with Crippen molar-refractivity contribution in [3.63, 3.8) is 0 Å². The van der Waals surface area contributed by atoms with Gasteiger partial charge in [0.15, 0.2) is 0 Å². The second kappa shape index (κ2) is 79.0. The molecule has 0 rings (SSSR count). The lowest BCUT2D eigenvalue weighted by molar-refractivity contribution is -0.143. The van der Waals surface area contributed by atoms with E-state index in [1.807, 2.05) is 0 Å². The van der Waals surface area contributed by atoms with Crippen LogP contribution in [0.25, 0.3) is 0 Å². The molecule has 0 aromatic heterocycles. The van der Waals surface area contributed by atoms with Crippen LogP contribution in [0.15, 0.2) is 12.2 Å². The Bertz CT molecular complexity index is 1350. The number of rotatable bonds is 79. The van der Waals surface area contributed by atoms with Crippen molar-refractivity contribution in [1.29, 1.82) is 0 Å². The Labute approximate surface area is 559 Å². The Morgan fingerprint density at radius 1 is 0.303 bits per heavy atom. The number of unbranched alkanes of at least 4 members (excludes halogenated alkanes) is 66. The summed E-state index contributed by atoms with van der Waals surface area (Å²) >= 11 is 0. The smallest absolute Gasteiger partial charge is 0.305 e. The van der Waals surface area contributed by atoms with Crippen molar-refractivity contribution in [1.82, 2.24) is 5.32 Å². The summed E-state index contributed by atoms with van der Waals surface area (Å²) in [6, 6.07) is -0.537. The highest BCUT2D eigenvalue weighted by molar-refractivity contribution is 5.76. The topological polar surface area (TPSA) is 95.9 Å². The van der Waals surface area contributed by atoms with Crippen LogP contribution < -0.4 is 5.32 Å². The van der Waals surface area contributed by atoms with Gasteiger partial charge in [-0.15, -0.1) is 0 Å². The number of aliphatic hydroxyl groups excluding tert-OH is 2. The molecule has 6 nitrogen and oxygen atoms in total. The molecule has 0 radical (unpaired) electrons. The van der Waals surface area contributed by atoms with Gasteiger partial charge in [-0.3, -0.25) is 9.59 Å². The fourth-order valence-electron chi connectivity index (χ4n) is 13.5. The van der Waals surface area contributed by atoms with Gasteiger partial charge in [-0.1, -0.05) is 437 Å². The summed E-state index contributed by atoms with van der Waals surface area (Å²) in [5, 5.41) is 23.5. The first-order chi connectivity index (χ1) is 44.0. The molecule has 0 heterocycles. The van der Waals surface area contributed by atoms with Crippen molar-refractivity contribution in [2.45, 2.75) is 495 Å². The Morgan fingerprint density at radius 2 is 0.539 bits per heavy atom. The van der Waals surface area contributed by atoms with Crippen LogP contribution >= 0.6 is 0 Å². The molecule has 1 amide bonds. The highest BCUT2D eigenvalue weighted by atomic mass is 16.5. The minimum Gasteiger partial charge on any atom is -0.466 e. The van der Waals surface area contributed by atoms with Crippen molar-refractivity contribution >= 4 is 11.9 Å². The van der Waals surface area contributed by atoms with Gasteiger partial charge >= 0.3 is 5.97 Å². The van der Waals surface area contributed by atoms with Crippen LogP contribution in [0.4, 0.5) is 0 Å². The van der Waals surface area contributed by atoms with Crippen LogP contribution in [0, 0.1) is 0 Å². The highest BCUT2D eigenvalue weighted by Crippen LogP contribution is 2.21. The fourth-order valence-corrected chi connectivity index (χ4v) is 13.5. The van der Waals surface area contributed by atoms with Crippen molar-refractivity contribution in [2.75, 3.05) is 13.2 Å². The highest BCUT2D eigenvalue weighted by Gasteiger charge is 2.20. The monoisotopic (exact) mass is 1250 g/mol. The molecule has 3 N–H and O–H groups in total. The molecule has 0 saturated heterocycles. The largest absolute Gasteiger partial charge is 0.466 e. The summed E-state index contributed by atoms with van der Waals surface area (Å²) in [7, 11) is 0. The molecular formula is C83H163NO5. The Hall–Kier alpha value is -1.40. The number of hydrogen-bond donors (Lipinski definition) is 3. The molecule has 0 aliphatic rings. The van der Waals surface area contributed by atoms with Crippen LogP contribution in [-0.4, -0.2) is 47.4 Å². The molecule has 2 atom stereocenters. The van der Waals surface area contributed by atoms with Crippen molar-refractivity contribution in [2.24, 2.45) is 0 Å². The van der Waals surface area contributed by atoms with E-state index in [1.165, 1.54) is 405 Å². The second-order valence-corrected chi connectivity index (χ2v) is 28.8. The molecule has 2 unspecified atom stereocenters. The lowest BCUT2D eigenvalue weighted by atomic mass is 10.0. The normalized spacial score (nSPS) is 12.4. The van der Waals surface area contributed by atoms with Crippen molar-refractivity contribution in [3.8, 4) is 0 Å². The Morgan fingerprint density at radius 3 is 0.831 bits per heavy atom. The van der Waals surface area contributed by atoms with Gasteiger partial charge in [-0.2, -0.15) is 0 Å². The van der Waals surface area contributed by atoms with E-state index in [2.05, 4.69) is 31.3 Å². The fraction of sp³-hybridized carbons (Fsp3) is 0.952. The number of allylic oxidation sites excluding steroid dienone is 2. The first-order valence-electron chi connectivity index (χ1n) is 41.4. The standard InChI is InChI=1S/C83H163NO5/c1-3-5-7-9-11-13-15-16-17-18-19-20-40-43-46-49-52-56-59-63-67-71-75-81(86)80(79-85)84-82(87)76-72-68-64-60-57-53-50-47-44-41-38-36-34-32-30-28-26-24-22-21-23-25-27-29-31-33-35-37-39-42-45-48-51-54-58-62-66-70-74-78-89-83(88)77-73-69-65-61-55-14-12-10-8-6-4-2/h10,12,80-81,85-86H,3-9,11,13-79H2,1-2H3,(H,84,87)/b12-10-. The maximum atomic E-state index is 12.6. The lowest BCUT2D eigenvalue weighted by Crippen LogP contribution is -2.45. The average molecular weight is 1260 g/mol. The van der Waals surface area contributed by atoms with Crippen molar-refractivity contribution < 1.29 is 24.5 Å². The van der Waals surface area contributed by atoms with E-state index >= 15 is 0 Å². The number of amides is 1. The van der Waals surface area contributed by atoms with E-state index in [-0.39, 0.29) is 18.5 Å². The summed E-state index contributed by atoms with van der Waals surface area (Å²) in [4.78, 5) is 24.6. The van der Waals surface area contributed by atoms with E-state index in [4.69, 9.17) is 4.74 Å². The van der Waals surface area contributed by atoms with E-state index in [0.29, 0.717) is 25.9 Å². The SMILES string of the molecule is CCCC/C=C\CCCCCCCC(=O)OCCCCCCCCCCCCCCCCCCCCCCCCCCCCCCCCCCCCCCCCCC(=O)NC(CO)C(O)CCCCCCCCCCCCCCCCCCCCCCCC. The average Bonchev–Trinajstić information content (AvgIpc) is 3.55. The van der Waals surface area contributed by atoms with Gasteiger partial charge in [0.25, 0.3) is 0 Å². The minimum absolute atomic E-state index is 0.0139. The minimum atomic E-state index is -0.660. The number of nitrogens with one attached hydrogen (secondary N) is 1. The summed E-state index contributed by atoms with van der Waals surface area (Å²) < 4.78 is 5.48. The molecule has 0 aliphatic heterocycles. The number of hydrogen-bond acceptors (Lipinski definition) is 5. The zero-order valence-electron chi connectivity index (χ0n) is 61.0. The molecular weight excluding hydrogens is 1090 g/mol. The van der Waals surface area contributed by atoms with Gasteiger partial charge in [0.05, 0.1) is 25.4 Å². The zero-order valence-corrected chi connectivity index (χ0v) is 61.0. The molecule has 0 bridgehead atoms. The van der Waals surface area contributed by atoms with Crippen LogP contribution in [0.3, 0.4) is 0 Å². The van der Waals surface area contributed by atoms with E-state index in [0.717, 1.165) is 44.9 Å². The second-order valence-electron chi connectivity index (χ2n) is 28.8. The van der Waals surface area contributed by atoms with Gasteiger partial charge in [-0.05, 0) is 44.9 Å². The molecule has 0 aromatic rings. The number of esters is 1. The van der Waals surface area contributed by atoms with Crippen molar-refractivity contribution in [3.05, 3.63) is 12.2 Å². The van der Waals surface area contributed by atoms with Gasteiger partial charge in [-0.25, -0.2) is 0 Å². The predicted molar refractivity (Wildman–Crippen MR) is 394 cm³/mol. The summed E-state index contributed by atoms with van der Waals surface area (Å²) in [6.07, 6.45) is 101. The molecule has 530 valence electrons. The molecule has 0 spiro atoms. The van der Waals surface area contributed by atoms with Gasteiger partial charge in [0, 0.05) is 12.8 Å². The first-order valence-corrected chi connectivity index (χ1v) is 41.4. The summed E-state index contributed by atoms with van der Waals surface area (Å²) in [5.74, 6) is -0.00878. The third kappa shape index (κ3) is 75.5. The molecule has 89 heavy (non-hydrogen) atoms. The van der Waals surface area contributed by atoms with Gasteiger partial charge < -0.3 is 20.3 Å². The van der Waals surface area contributed by atoms with E-state index in [1.54, 1.807) is 0 Å². The Kier molecular flexibility index (Phi) is 77.8. The zero-order chi connectivity index (χ0) is 64.2. The lowest BCUT2D eigenvalue weighted by Gasteiger charge is -2.22. The molecule has 0 fully saturated rings. The van der Waals surface area contributed by atoms with Crippen LogP contribution in [0.2, 0.25) is 0 Å². The number of carbonyl (C=O) groups is 2. The van der Waals surface area contributed by atoms with E-state index in [9.17, 15) is 19.8 Å². The maximum Gasteiger partial charge on any atom is 0.305 e. The predicted octanol–water partition coefficient (Wildman–Crippen LogP) is 27.4. The van der Waals surface area contributed by atoms with Crippen LogP contribution in [-0.2, 0) is 14.3 Å². The Balaban J connectivity index is 3.30. The molecule has 0 saturated carbocycles. The summed E-state index contributed by atoms with van der Waals surface area (Å²) in [6.45, 7) is 4.97. The van der Waals surface area contributed by atoms with E-state index < -0.39 is 12.1 Å². The number of ether oxygens (including phenoxy) is 1. The van der Waals surface area contributed by atoms with Gasteiger partial charge in [0.1, 0.15) is 0 Å². The number of aliphatic hydroxyl groups is 2. The first kappa shape index (κ1) is 87.6. The van der Waals surface area contributed by atoms with Gasteiger partial charge in [0.2, 0.25) is 5.91 Å². The molecule has 0 aromatic carbocycles. The third-order valence-electron chi connectivity index (χ3n) is 19.8. The van der Waals surface area contributed by atoms with Crippen LogP contribution in [0.1, 0.15) is 483 Å². The molecule has 6 heteroatoms. The summed E-state index contributed by atoms with van der Waals surface area (Å²) in [5.41, 5.74) is 0. The number of carbonyl (C=O) groups excluding carboxylic acids is 2.